The lowest BCUT2D eigenvalue weighted by molar-refractivity contribution is -0.145. The summed E-state index contributed by atoms with van der Waals surface area (Å²) in [6.07, 6.45) is 0.381. The van der Waals surface area contributed by atoms with Crippen molar-refractivity contribution < 1.29 is 33.8 Å². The van der Waals surface area contributed by atoms with Gasteiger partial charge in [-0.3, -0.25) is 19.2 Å². The average molecular weight is 1030 g/mol. The van der Waals surface area contributed by atoms with Gasteiger partial charge in [0.2, 0.25) is 23.6 Å². The Kier molecular flexibility index (Phi) is 16.8. The minimum absolute atomic E-state index is 0.0301. The van der Waals surface area contributed by atoms with Gasteiger partial charge >= 0.3 is 0 Å². The SMILES string of the molecule is COc1cc2nc(C)nc(N[C@H](C)c3cc(-c4ccccc4CNCC4CCN(C(=O)CC(=O)N[C@H](C(=O)N5C[C@H](O)C[C@H]5C(=O)NCc5ccc(-c6scnc6C)cc5)C(C)(C)C)CC4)cs3)c2cc1OC. The summed E-state index contributed by atoms with van der Waals surface area (Å²) in [5, 5.41) is 26.8. The number of aryl methyl sites for hydroxylation is 2. The van der Waals surface area contributed by atoms with Crippen molar-refractivity contribution in [1.82, 2.24) is 40.7 Å². The molecule has 2 aliphatic rings. The summed E-state index contributed by atoms with van der Waals surface area (Å²) < 4.78 is 11.1. The van der Waals surface area contributed by atoms with Crippen LogP contribution in [0.1, 0.15) is 86.9 Å². The van der Waals surface area contributed by atoms with Crippen molar-refractivity contribution in [1.29, 1.82) is 0 Å². The molecule has 6 aromatic rings. The molecule has 5 N–H and O–H groups in total. The third-order valence-corrected chi connectivity index (χ3v) is 15.9. The molecule has 0 bridgehead atoms. The van der Waals surface area contributed by atoms with Gasteiger partial charge in [-0.05, 0) is 96.8 Å². The Morgan fingerprint density at radius 2 is 1.63 bits per heavy atom. The normalized spacial score (nSPS) is 17.1. The van der Waals surface area contributed by atoms with Crippen molar-refractivity contribution in [3.63, 3.8) is 0 Å². The van der Waals surface area contributed by atoms with Crippen LogP contribution in [0.25, 0.3) is 32.5 Å². The fourth-order valence-corrected chi connectivity index (χ4v) is 11.4. The van der Waals surface area contributed by atoms with Crippen LogP contribution in [0.2, 0.25) is 0 Å². The summed E-state index contributed by atoms with van der Waals surface area (Å²) in [4.78, 5) is 73.8. The molecule has 0 saturated carbocycles. The summed E-state index contributed by atoms with van der Waals surface area (Å²) in [6.45, 7) is 14.2. The first kappa shape index (κ1) is 52.8. The van der Waals surface area contributed by atoms with Gasteiger partial charge in [0.25, 0.3) is 0 Å². The van der Waals surface area contributed by atoms with E-state index in [-0.39, 0.29) is 37.4 Å². The van der Waals surface area contributed by atoms with Gasteiger partial charge in [0.05, 0.1) is 48.0 Å². The van der Waals surface area contributed by atoms with E-state index in [1.807, 2.05) is 76.5 Å². The fraction of sp³-hybridized carbons (Fsp3) is 0.436. The number of methoxy groups -OCH3 is 2. The molecular weight excluding hydrogens is 963 g/mol. The number of aliphatic hydroxyl groups is 1. The smallest absolute Gasteiger partial charge is 0.246 e. The number of fused-ring (bicyclic) bond motifs is 1. The number of rotatable bonds is 18. The lowest BCUT2D eigenvalue weighted by Gasteiger charge is -2.36. The standard InChI is InChI=1S/C55H67N9O7S2/c1-32(59-52-42-23-45(70-7)46(71-8)24-43(42)60-34(3)61-52)47-21-39(30-72-47)41-12-10-9-11-38(41)28-56-26-36-17-19-63(20-18-36)49(67)25-48(66)62-51(55(4,5)6)54(69)64-29-40(65)22-44(64)53(68)57-27-35-13-15-37(16-14-35)50-33(2)58-31-73-50/h9-16,21,23-24,30-32,36,40,44,51,56,65H,17-20,22,25-29H2,1-8H3,(H,57,68)(H,62,66)(H,59,60,61)/t32-,40-,44+,51-/m1/s1. The Morgan fingerprint density at radius 3 is 2.33 bits per heavy atom. The molecule has 2 aliphatic heterocycles. The summed E-state index contributed by atoms with van der Waals surface area (Å²) in [5.74, 6) is 1.26. The van der Waals surface area contributed by atoms with Crippen molar-refractivity contribution >= 4 is 63.0 Å². The van der Waals surface area contributed by atoms with E-state index in [0.29, 0.717) is 42.9 Å². The maximum Gasteiger partial charge on any atom is 0.246 e. The number of thiazole rings is 1. The minimum Gasteiger partial charge on any atom is -0.493 e. The molecule has 3 aromatic carbocycles. The zero-order valence-electron chi connectivity index (χ0n) is 42.9. The van der Waals surface area contributed by atoms with Gasteiger partial charge in [0, 0.05) is 55.5 Å². The molecule has 16 nitrogen and oxygen atoms in total. The van der Waals surface area contributed by atoms with Crippen LogP contribution in [0.5, 0.6) is 11.5 Å². The number of thiophene rings is 1. The third kappa shape index (κ3) is 12.7. The highest BCUT2D eigenvalue weighted by atomic mass is 32.1. The Bertz CT molecular complexity index is 2930. The largest absolute Gasteiger partial charge is 0.493 e. The second kappa shape index (κ2) is 23.2. The van der Waals surface area contributed by atoms with Crippen molar-refractivity contribution in [3.8, 4) is 33.1 Å². The average Bonchev–Trinajstić information content (AvgIpc) is 4.15. The third-order valence-electron chi connectivity index (χ3n) is 13.8. The predicted molar refractivity (Wildman–Crippen MR) is 286 cm³/mol. The highest BCUT2D eigenvalue weighted by Gasteiger charge is 2.44. The molecule has 4 amide bonds. The van der Waals surface area contributed by atoms with Crippen molar-refractivity contribution in [2.24, 2.45) is 11.3 Å². The van der Waals surface area contributed by atoms with Gasteiger partial charge < -0.3 is 45.6 Å². The van der Waals surface area contributed by atoms with Gasteiger partial charge in [0.15, 0.2) is 11.5 Å². The van der Waals surface area contributed by atoms with Gasteiger partial charge in [0.1, 0.15) is 30.1 Å². The molecule has 2 saturated heterocycles. The molecule has 0 aliphatic carbocycles. The quantitative estimate of drug-likeness (QED) is 0.0524. The molecule has 386 valence electrons. The number of benzene rings is 3. The first-order chi connectivity index (χ1) is 35.0. The van der Waals surface area contributed by atoms with Crippen LogP contribution in [-0.2, 0) is 32.3 Å². The van der Waals surface area contributed by atoms with E-state index in [9.17, 15) is 24.3 Å². The number of β-amino-alcohol motifs (C(OH)–C–C–N with tert-alkyl or cyclic N) is 1. The Balaban J connectivity index is 0.797. The van der Waals surface area contributed by atoms with E-state index in [1.54, 1.807) is 41.8 Å². The van der Waals surface area contributed by atoms with Crippen molar-refractivity contribution in [2.45, 2.75) is 105 Å². The molecule has 0 radical (unpaired) electrons. The van der Waals surface area contributed by atoms with E-state index < -0.39 is 41.8 Å². The zero-order chi connectivity index (χ0) is 52.0. The van der Waals surface area contributed by atoms with E-state index in [0.717, 1.165) is 63.4 Å². The number of nitrogens with zero attached hydrogens (tertiary/aromatic N) is 5. The van der Waals surface area contributed by atoms with Crippen LogP contribution in [0.15, 0.2) is 77.6 Å². The fourth-order valence-electron chi connectivity index (χ4n) is 9.67. The number of aromatic nitrogens is 3. The van der Waals surface area contributed by atoms with E-state index in [4.69, 9.17) is 14.5 Å². The molecule has 73 heavy (non-hydrogen) atoms. The predicted octanol–water partition coefficient (Wildman–Crippen LogP) is 7.82. The van der Waals surface area contributed by atoms with Gasteiger partial charge in [-0.2, -0.15) is 0 Å². The van der Waals surface area contributed by atoms with E-state index in [2.05, 4.69) is 73.9 Å². The number of aliphatic hydroxyl groups excluding tert-OH is 1. The molecule has 3 aromatic heterocycles. The van der Waals surface area contributed by atoms with Gasteiger partial charge in [-0.15, -0.1) is 22.7 Å². The first-order valence-corrected chi connectivity index (χ1v) is 26.6. The van der Waals surface area contributed by atoms with Gasteiger partial charge in [-0.25, -0.2) is 15.0 Å². The molecule has 5 heterocycles. The second-order valence-electron chi connectivity index (χ2n) is 20.2. The minimum atomic E-state index is -1.03. The van der Waals surface area contributed by atoms with Crippen LogP contribution < -0.4 is 30.7 Å². The second-order valence-corrected chi connectivity index (χ2v) is 22.0. The molecular formula is C55H67N9O7S2. The summed E-state index contributed by atoms with van der Waals surface area (Å²) >= 11 is 3.27. The van der Waals surface area contributed by atoms with Crippen molar-refractivity contribution in [3.05, 3.63) is 105 Å². The van der Waals surface area contributed by atoms with Crippen LogP contribution in [0.3, 0.4) is 0 Å². The number of amides is 4. The number of hydrogen-bond donors (Lipinski definition) is 5. The first-order valence-electron chi connectivity index (χ1n) is 24.9. The Hall–Kier alpha value is -6.47. The maximum absolute atomic E-state index is 14.2. The van der Waals surface area contributed by atoms with Gasteiger partial charge in [-0.1, -0.05) is 69.3 Å². The number of hydrogen-bond acceptors (Lipinski definition) is 14. The Morgan fingerprint density at radius 1 is 0.904 bits per heavy atom. The summed E-state index contributed by atoms with van der Waals surface area (Å²) in [7, 11) is 3.23. The number of carbonyl (C=O) groups excluding carboxylic acids is 4. The topological polar surface area (TPSA) is 200 Å². The summed E-state index contributed by atoms with van der Waals surface area (Å²) in [6, 6.07) is 20.3. The van der Waals surface area contributed by atoms with Crippen LogP contribution in [0, 0.1) is 25.2 Å². The number of likely N-dealkylation sites (tertiary alicyclic amines) is 2. The van der Waals surface area contributed by atoms with Crippen molar-refractivity contribution in [2.75, 3.05) is 45.7 Å². The van der Waals surface area contributed by atoms with E-state index >= 15 is 0 Å². The number of nitrogens with one attached hydrogen (secondary N) is 4. The molecule has 4 atom stereocenters. The Labute approximate surface area is 435 Å². The molecule has 0 spiro atoms. The lowest BCUT2D eigenvalue weighted by atomic mass is 9.85. The molecule has 8 rings (SSSR count). The molecule has 0 unspecified atom stereocenters. The monoisotopic (exact) mass is 1030 g/mol. The maximum atomic E-state index is 14.2. The highest BCUT2D eigenvalue weighted by molar-refractivity contribution is 7.13. The van der Waals surface area contributed by atoms with Crippen LogP contribution in [0.4, 0.5) is 5.82 Å². The zero-order valence-corrected chi connectivity index (χ0v) is 44.5. The molecule has 18 heteroatoms. The summed E-state index contributed by atoms with van der Waals surface area (Å²) in [5.41, 5.74) is 8.23. The lowest BCUT2D eigenvalue weighted by Crippen LogP contribution is -2.58. The number of piperidine rings is 1. The van der Waals surface area contributed by atoms with Crippen LogP contribution in [-0.4, -0.2) is 112 Å². The number of carbonyl (C=O) groups is 4. The van der Waals surface area contributed by atoms with Crippen LogP contribution >= 0.6 is 22.7 Å². The number of ether oxygens (including phenoxy) is 2. The number of anilines is 1. The molecule has 2 fully saturated rings. The van der Waals surface area contributed by atoms with E-state index in [1.165, 1.54) is 20.9 Å². The highest BCUT2D eigenvalue weighted by Crippen LogP contribution is 2.37.